The van der Waals surface area contributed by atoms with Crippen LogP contribution < -0.4 is 10.1 Å². The number of esters is 2. The van der Waals surface area contributed by atoms with Gasteiger partial charge in [-0.15, -0.1) is 0 Å². The van der Waals surface area contributed by atoms with Crippen molar-refractivity contribution in [3.63, 3.8) is 0 Å². The van der Waals surface area contributed by atoms with E-state index in [0.717, 1.165) is 0 Å². The Morgan fingerprint density at radius 2 is 1.68 bits per heavy atom. The first-order valence-electron chi connectivity index (χ1n) is 8.61. The van der Waals surface area contributed by atoms with Gasteiger partial charge in [0.25, 0.3) is 0 Å². The molecule has 2 aromatic rings. The van der Waals surface area contributed by atoms with Crippen LogP contribution in [-0.4, -0.2) is 30.9 Å². The van der Waals surface area contributed by atoms with E-state index in [1.54, 1.807) is 54.6 Å². The van der Waals surface area contributed by atoms with Gasteiger partial charge in [-0.05, 0) is 42.8 Å². The number of carbonyl (C=O) groups is 3. The Hall–Kier alpha value is -3.06. The second-order valence-electron chi connectivity index (χ2n) is 5.70. The lowest BCUT2D eigenvalue weighted by Crippen LogP contribution is -2.31. The van der Waals surface area contributed by atoms with Crippen molar-refractivity contribution in [1.82, 2.24) is 5.32 Å². The van der Waals surface area contributed by atoms with Gasteiger partial charge < -0.3 is 19.5 Å². The predicted molar refractivity (Wildman–Crippen MR) is 102 cm³/mol. The molecule has 0 aromatic heterocycles. The Bertz CT molecular complexity index is 794. The summed E-state index contributed by atoms with van der Waals surface area (Å²) in [5.41, 5.74) is 0.359. The Labute approximate surface area is 167 Å². The summed E-state index contributed by atoms with van der Waals surface area (Å²) >= 11 is 5.75. The van der Waals surface area contributed by atoms with Gasteiger partial charge in [0.1, 0.15) is 5.75 Å². The third-order valence-corrected chi connectivity index (χ3v) is 3.68. The van der Waals surface area contributed by atoms with Crippen LogP contribution in [0, 0.1) is 0 Å². The molecule has 0 heterocycles. The van der Waals surface area contributed by atoms with E-state index < -0.39 is 24.3 Å². The van der Waals surface area contributed by atoms with Crippen molar-refractivity contribution in [1.29, 1.82) is 0 Å². The highest BCUT2D eigenvalue weighted by molar-refractivity contribution is 6.30. The van der Waals surface area contributed by atoms with E-state index in [1.165, 1.54) is 6.92 Å². The molecule has 1 unspecified atom stereocenters. The second-order valence-corrected chi connectivity index (χ2v) is 6.14. The number of hydrogen-bond acceptors (Lipinski definition) is 6. The first-order valence-corrected chi connectivity index (χ1v) is 8.98. The van der Waals surface area contributed by atoms with Crippen LogP contribution in [0.5, 0.6) is 5.75 Å². The van der Waals surface area contributed by atoms with E-state index in [0.29, 0.717) is 22.8 Å². The summed E-state index contributed by atoms with van der Waals surface area (Å²) < 4.78 is 15.1. The fourth-order valence-electron chi connectivity index (χ4n) is 2.12. The molecule has 7 nitrogen and oxygen atoms in total. The molecule has 2 aromatic carbocycles. The Morgan fingerprint density at radius 1 is 1.00 bits per heavy atom. The highest BCUT2D eigenvalue weighted by atomic mass is 35.5. The molecule has 0 saturated carbocycles. The lowest BCUT2D eigenvalue weighted by atomic mass is 10.2. The van der Waals surface area contributed by atoms with Crippen molar-refractivity contribution >= 4 is 29.6 Å². The van der Waals surface area contributed by atoms with Gasteiger partial charge in [-0.25, -0.2) is 9.59 Å². The Kier molecular flexibility index (Phi) is 8.30. The van der Waals surface area contributed by atoms with Crippen LogP contribution in [0.25, 0.3) is 0 Å². The average molecular weight is 406 g/mol. The van der Waals surface area contributed by atoms with Gasteiger partial charge in [0.15, 0.2) is 0 Å². The van der Waals surface area contributed by atoms with Gasteiger partial charge in [-0.1, -0.05) is 29.8 Å². The van der Waals surface area contributed by atoms with Crippen molar-refractivity contribution in [2.24, 2.45) is 0 Å². The third-order valence-electron chi connectivity index (χ3n) is 3.43. The number of hydrogen-bond donors (Lipinski definition) is 1. The minimum absolute atomic E-state index is 0.113. The van der Waals surface area contributed by atoms with Gasteiger partial charge in [0.05, 0.1) is 5.56 Å². The van der Waals surface area contributed by atoms with Crippen LogP contribution in [-0.2, 0) is 14.3 Å². The second kappa shape index (κ2) is 10.9. The predicted octanol–water partition coefficient (Wildman–Crippen LogP) is 3.95. The largest absolute Gasteiger partial charge is 0.427 e. The maximum Gasteiger partial charge on any atom is 0.410 e. The molecular formula is C20H20ClNO6. The van der Waals surface area contributed by atoms with Crippen LogP contribution in [0.15, 0.2) is 54.6 Å². The molecule has 0 saturated heterocycles. The van der Waals surface area contributed by atoms with E-state index in [2.05, 4.69) is 5.32 Å². The third kappa shape index (κ3) is 7.67. The number of rotatable bonds is 8. The van der Waals surface area contributed by atoms with Crippen LogP contribution >= 0.6 is 11.6 Å². The molecule has 0 bridgehead atoms. The maximum atomic E-state index is 11.8. The summed E-state index contributed by atoms with van der Waals surface area (Å²) in [5, 5.41) is 3.02. The number of carbonyl (C=O) groups excluding carboxylic acids is 3. The molecule has 0 spiro atoms. The lowest BCUT2D eigenvalue weighted by molar-refractivity contribution is -0.134. The maximum absolute atomic E-state index is 11.8. The molecule has 148 valence electrons. The molecule has 1 atom stereocenters. The highest BCUT2D eigenvalue weighted by Gasteiger charge is 2.15. The normalized spacial score (nSPS) is 11.2. The number of halogens is 1. The van der Waals surface area contributed by atoms with E-state index in [1.807, 2.05) is 0 Å². The molecule has 8 heteroatoms. The first-order chi connectivity index (χ1) is 13.4. The summed E-state index contributed by atoms with van der Waals surface area (Å²) in [5.74, 6) is -0.621. The summed E-state index contributed by atoms with van der Waals surface area (Å²) in [6.45, 7) is 1.64. The molecule has 0 aliphatic heterocycles. The Balaban J connectivity index is 1.60. The van der Waals surface area contributed by atoms with Gasteiger partial charge in [0, 0.05) is 24.9 Å². The quantitative estimate of drug-likeness (QED) is 0.309. The minimum atomic E-state index is -1.05. The number of nitrogens with one attached hydrogen (secondary N) is 1. The standard InChI is InChI=1S/C20H20ClNO6/c1-14(26-19(24)15-6-3-2-4-7-15)27-20(25)22-13-5-8-18(23)28-17-11-9-16(21)10-12-17/h2-4,6-7,9-12,14H,5,8,13H2,1H3,(H,22,25). The van der Waals surface area contributed by atoms with Crippen LogP contribution in [0.4, 0.5) is 4.79 Å². The van der Waals surface area contributed by atoms with Crippen molar-refractivity contribution in [3.05, 3.63) is 65.2 Å². The molecule has 1 N–H and O–H groups in total. The fourth-order valence-corrected chi connectivity index (χ4v) is 2.24. The van der Waals surface area contributed by atoms with E-state index in [-0.39, 0.29) is 13.0 Å². The van der Waals surface area contributed by atoms with Gasteiger partial charge >= 0.3 is 18.0 Å². The van der Waals surface area contributed by atoms with E-state index in [9.17, 15) is 14.4 Å². The summed E-state index contributed by atoms with van der Waals surface area (Å²) in [4.78, 5) is 35.3. The summed E-state index contributed by atoms with van der Waals surface area (Å²) in [7, 11) is 0. The molecule has 0 aliphatic carbocycles. The number of alkyl carbamates (subject to hydrolysis) is 1. The first kappa shape index (κ1) is 21.2. The van der Waals surface area contributed by atoms with E-state index >= 15 is 0 Å². The minimum Gasteiger partial charge on any atom is -0.427 e. The van der Waals surface area contributed by atoms with Crippen molar-refractivity contribution in [3.8, 4) is 5.75 Å². The SMILES string of the molecule is CC(OC(=O)NCCCC(=O)Oc1ccc(Cl)cc1)OC(=O)c1ccccc1. The van der Waals surface area contributed by atoms with Crippen LogP contribution in [0.2, 0.25) is 5.02 Å². The molecule has 0 fully saturated rings. The molecule has 1 amide bonds. The zero-order chi connectivity index (χ0) is 20.4. The van der Waals surface area contributed by atoms with Crippen molar-refractivity contribution < 1.29 is 28.6 Å². The molecule has 0 aliphatic rings. The number of ether oxygens (including phenoxy) is 3. The topological polar surface area (TPSA) is 90.9 Å². The van der Waals surface area contributed by atoms with Crippen molar-refractivity contribution in [2.75, 3.05) is 6.54 Å². The zero-order valence-corrected chi connectivity index (χ0v) is 16.0. The monoisotopic (exact) mass is 405 g/mol. The lowest BCUT2D eigenvalue weighted by Gasteiger charge is -2.14. The van der Waals surface area contributed by atoms with Crippen LogP contribution in [0.3, 0.4) is 0 Å². The van der Waals surface area contributed by atoms with Gasteiger partial charge in [-0.3, -0.25) is 4.79 Å². The number of amides is 1. The van der Waals surface area contributed by atoms with E-state index in [4.69, 9.17) is 25.8 Å². The van der Waals surface area contributed by atoms with Crippen LogP contribution in [0.1, 0.15) is 30.1 Å². The molecule has 28 heavy (non-hydrogen) atoms. The van der Waals surface area contributed by atoms with Crippen molar-refractivity contribution in [2.45, 2.75) is 26.1 Å². The smallest absolute Gasteiger partial charge is 0.410 e. The van der Waals surface area contributed by atoms with Gasteiger partial charge in [0.2, 0.25) is 6.29 Å². The highest BCUT2D eigenvalue weighted by Crippen LogP contribution is 2.16. The average Bonchev–Trinajstić information content (AvgIpc) is 2.67. The zero-order valence-electron chi connectivity index (χ0n) is 15.2. The fraction of sp³-hybridized carbons (Fsp3) is 0.250. The number of benzene rings is 2. The summed E-state index contributed by atoms with van der Waals surface area (Å²) in [6, 6.07) is 14.8. The summed E-state index contributed by atoms with van der Waals surface area (Å²) in [6.07, 6.45) is -1.33. The Morgan fingerprint density at radius 3 is 2.36 bits per heavy atom. The molecule has 2 rings (SSSR count). The molecule has 0 radical (unpaired) electrons. The molecular weight excluding hydrogens is 386 g/mol. The van der Waals surface area contributed by atoms with Gasteiger partial charge in [-0.2, -0.15) is 0 Å².